The molecule has 1 aromatic carbocycles. The number of phenolic OH excluding ortho intramolecular Hbond substituents is 1. The fraction of sp³-hybridized carbons (Fsp3) is 0.333. The lowest BCUT2D eigenvalue weighted by Gasteiger charge is -2.10. The van der Waals surface area contributed by atoms with Crippen LogP contribution in [0.25, 0.3) is 0 Å². The molecule has 0 saturated carbocycles. The van der Waals surface area contributed by atoms with Gasteiger partial charge in [-0.2, -0.15) is 0 Å². The van der Waals surface area contributed by atoms with Crippen molar-refractivity contribution in [2.24, 2.45) is 0 Å². The molecular weight excluding hydrogens is 275 g/mol. The summed E-state index contributed by atoms with van der Waals surface area (Å²) in [6.45, 7) is 2.02. The highest BCUT2D eigenvalue weighted by atomic mass is 79.9. The monoisotopic (exact) mass is 282 g/mol. The van der Waals surface area contributed by atoms with E-state index in [-0.39, 0.29) is 10.6 Å². The van der Waals surface area contributed by atoms with Crippen molar-refractivity contribution in [3.8, 4) is 5.75 Å². The van der Waals surface area contributed by atoms with Crippen LogP contribution in [-0.4, -0.2) is 5.11 Å². The highest BCUT2D eigenvalue weighted by Gasteiger charge is 2.12. The minimum Gasteiger partial charge on any atom is -0.508 e. The van der Waals surface area contributed by atoms with Gasteiger partial charge in [-0.1, -0.05) is 46.1 Å². The van der Waals surface area contributed by atoms with Crippen LogP contribution in [0, 0.1) is 0 Å². The molecule has 0 aliphatic heterocycles. The highest BCUT2D eigenvalue weighted by molar-refractivity contribution is 9.09. The van der Waals surface area contributed by atoms with Gasteiger partial charge >= 0.3 is 0 Å². The normalized spacial score (nSPS) is 12.9. The standard InChI is InChI=1S/C9H9BrCl2O/c1-2-6(10)5-3-7(11)8(12)4-9(5)13/h3-4,6,13H,2H2,1H3. The van der Waals surface area contributed by atoms with E-state index in [0.717, 1.165) is 12.0 Å². The Morgan fingerprint density at radius 3 is 2.46 bits per heavy atom. The van der Waals surface area contributed by atoms with E-state index in [1.807, 2.05) is 6.92 Å². The summed E-state index contributed by atoms with van der Waals surface area (Å²) in [5.74, 6) is 0.179. The summed E-state index contributed by atoms with van der Waals surface area (Å²) >= 11 is 15.0. The highest BCUT2D eigenvalue weighted by Crippen LogP contribution is 2.37. The third kappa shape index (κ3) is 2.52. The average Bonchev–Trinajstić information content (AvgIpc) is 2.10. The first-order valence-electron chi connectivity index (χ1n) is 3.88. The zero-order valence-corrected chi connectivity index (χ0v) is 10.1. The number of hydrogen-bond acceptors (Lipinski definition) is 1. The minimum absolute atomic E-state index is 0.113. The van der Waals surface area contributed by atoms with Crippen molar-refractivity contribution in [1.29, 1.82) is 0 Å². The zero-order chi connectivity index (χ0) is 10.0. The number of alkyl halides is 1. The summed E-state index contributed by atoms with van der Waals surface area (Å²) in [7, 11) is 0. The molecule has 0 aromatic heterocycles. The molecule has 1 nitrogen and oxygen atoms in total. The maximum Gasteiger partial charge on any atom is 0.121 e. The van der Waals surface area contributed by atoms with Gasteiger partial charge in [-0.05, 0) is 12.5 Å². The Labute approximate surface area is 95.8 Å². The van der Waals surface area contributed by atoms with E-state index in [2.05, 4.69) is 15.9 Å². The molecular formula is C9H9BrCl2O. The summed E-state index contributed by atoms with van der Waals surface area (Å²) in [5.41, 5.74) is 0.775. The Morgan fingerprint density at radius 2 is 1.92 bits per heavy atom. The zero-order valence-electron chi connectivity index (χ0n) is 7.02. The van der Waals surface area contributed by atoms with Crippen LogP contribution in [-0.2, 0) is 0 Å². The van der Waals surface area contributed by atoms with Crippen LogP contribution in [0.4, 0.5) is 0 Å². The molecule has 0 radical (unpaired) electrons. The number of hydrogen-bond donors (Lipinski definition) is 1. The van der Waals surface area contributed by atoms with Crippen LogP contribution in [0.5, 0.6) is 5.75 Å². The fourth-order valence-electron chi connectivity index (χ4n) is 1.02. The second-order valence-electron chi connectivity index (χ2n) is 2.70. The van der Waals surface area contributed by atoms with Gasteiger partial charge in [0, 0.05) is 16.5 Å². The molecule has 0 saturated heterocycles. The smallest absolute Gasteiger partial charge is 0.121 e. The van der Waals surface area contributed by atoms with E-state index >= 15 is 0 Å². The Hall–Kier alpha value is 0.0800. The topological polar surface area (TPSA) is 20.2 Å². The molecule has 4 heteroatoms. The fourth-order valence-corrected chi connectivity index (χ4v) is 1.72. The molecule has 0 aliphatic carbocycles. The lowest BCUT2D eigenvalue weighted by molar-refractivity contribution is 0.467. The van der Waals surface area contributed by atoms with E-state index in [1.54, 1.807) is 6.07 Å². The molecule has 0 bridgehead atoms. The van der Waals surface area contributed by atoms with Crippen LogP contribution in [0.15, 0.2) is 12.1 Å². The Kier molecular flexibility index (Phi) is 3.89. The molecule has 0 fully saturated rings. The lowest BCUT2D eigenvalue weighted by atomic mass is 10.1. The van der Waals surface area contributed by atoms with Crippen LogP contribution in [0.2, 0.25) is 10.0 Å². The second kappa shape index (κ2) is 4.54. The maximum atomic E-state index is 9.54. The van der Waals surface area contributed by atoms with E-state index in [1.165, 1.54) is 6.07 Å². The molecule has 1 aromatic rings. The van der Waals surface area contributed by atoms with Gasteiger partial charge in [0.05, 0.1) is 10.0 Å². The van der Waals surface area contributed by atoms with Crippen molar-refractivity contribution < 1.29 is 5.11 Å². The third-order valence-electron chi connectivity index (χ3n) is 1.77. The average molecular weight is 284 g/mol. The van der Waals surface area contributed by atoms with Gasteiger partial charge < -0.3 is 5.11 Å². The molecule has 72 valence electrons. The van der Waals surface area contributed by atoms with Crippen molar-refractivity contribution in [3.05, 3.63) is 27.7 Å². The number of benzene rings is 1. The van der Waals surface area contributed by atoms with Gasteiger partial charge in [0.2, 0.25) is 0 Å². The summed E-state index contributed by atoms with van der Waals surface area (Å²) in [6.07, 6.45) is 0.880. The number of rotatable bonds is 2. The first kappa shape index (κ1) is 11.2. The van der Waals surface area contributed by atoms with Crippen molar-refractivity contribution >= 4 is 39.1 Å². The van der Waals surface area contributed by atoms with Crippen LogP contribution < -0.4 is 0 Å². The van der Waals surface area contributed by atoms with E-state index < -0.39 is 0 Å². The van der Waals surface area contributed by atoms with E-state index in [4.69, 9.17) is 23.2 Å². The largest absolute Gasteiger partial charge is 0.508 e. The molecule has 1 atom stereocenters. The van der Waals surface area contributed by atoms with Crippen LogP contribution in [0.1, 0.15) is 23.7 Å². The Bertz CT molecular complexity index is 315. The van der Waals surface area contributed by atoms with E-state index in [9.17, 15) is 5.11 Å². The van der Waals surface area contributed by atoms with E-state index in [0.29, 0.717) is 10.0 Å². The predicted octanol–water partition coefficient (Wildman–Crippen LogP) is 4.55. The molecule has 0 heterocycles. The van der Waals surface area contributed by atoms with Gasteiger partial charge in [0.25, 0.3) is 0 Å². The van der Waals surface area contributed by atoms with Gasteiger partial charge in [0.1, 0.15) is 5.75 Å². The quantitative estimate of drug-likeness (QED) is 0.790. The minimum atomic E-state index is 0.113. The second-order valence-corrected chi connectivity index (χ2v) is 4.62. The summed E-state index contributed by atoms with van der Waals surface area (Å²) < 4.78 is 0. The summed E-state index contributed by atoms with van der Waals surface area (Å²) in [6, 6.07) is 3.14. The maximum absolute atomic E-state index is 9.54. The number of halogens is 3. The molecule has 1 unspecified atom stereocenters. The van der Waals surface area contributed by atoms with Gasteiger partial charge in [-0.3, -0.25) is 0 Å². The summed E-state index contributed by atoms with van der Waals surface area (Å²) in [5, 5.41) is 10.4. The summed E-state index contributed by atoms with van der Waals surface area (Å²) in [4.78, 5) is 0.113. The third-order valence-corrected chi connectivity index (χ3v) is 3.63. The SMILES string of the molecule is CCC(Br)c1cc(Cl)c(Cl)cc1O. The predicted molar refractivity (Wildman–Crippen MR) is 60.1 cm³/mol. The van der Waals surface area contributed by atoms with Gasteiger partial charge in [-0.25, -0.2) is 0 Å². The molecule has 1 N–H and O–H groups in total. The van der Waals surface area contributed by atoms with Crippen molar-refractivity contribution in [2.75, 3.05) is 0 Å². The number of phenols is 1. The van der Waals surface area contributed by atoms with Crippen LogP contribution in [0.3, 0.4) is 0 Å². The van der Waals surface area contributed by atoms with Crippen LogP contribution >= 0.6 is 39.1 Å². The first-order chi connectivity index (χ1) is 6.06. The lowest BCUT2D eigenvalue weighted by Crippen LogP contribution is -1.88. The van der Waals surface area contributed by atoms with Crippen molar-refractivity contribution in [2.45, 2.75) is 18.2 Å². The van der Waals surface area contributed by atoms with Crippen molar-refractivity contribution in [1.82, 2.24) is 0 Å². The van der Waals surface area contributed by atoms with Gasteiger partial charge in [0.15, 0.2) is 0 Å². The molecule has 1 rings (SSSR count). The Morgan fingerprint density at radius 1 is 1.38 bits per heavy atom. The molecule has 13 heavy (non-hydrogen) atoms. The first-order valence-corrected chi connectivity index (χ1v) is 5.55. The van der Waals surface area contributed by atoms with Gasteiger partial charge in [-0.15, -0.1) is 0 Å². The molecule has 0 amide bonds. The molecule has 0 spiro atoms. The number of aromatic hydroxyl groups is 1. The Balaban J connectivity index is 3.15. The molecule has 0 aliphatic rings. The van der Waals surface area contributed by atoms with Crippen molar-refractivity contribution in [3.63, 3.8) is 0 Å².